The molecule has 0 bridgehead atoms. The molecule has 1 atom stereocenters. The average molecular weight is 441 g/mol. The predicted octanol–water partition coefficient (Wildman–Crippen LogP) is 4.33. The molecule has 6 heteroatoms. The van der Waals surface area contributed by atoms with E-state index >= 15 is 0 Å². The van der Waals surface area contributed by atoms with Crippen LogP contribution in [-0.2, 0) is 16.1 Å². The van der Waals surface area contributed by atoms with Crippen LogP contribution < -0.4 is 14.8 Å². The second-order valence-electron chi connectivity index (χ2n) is 8.08. The molecule has 2 rings (SSSR count). The van der Waals surface area contributed by atoms with Crippen molar-refractivity contribution in [1.82, 2.24) is 10.2 Å². The first-order valence-electron chi connectivity index (χ1n) is 11.2. The van der Waals surface area contributed by atoms with Gasteiger partial charge in [0.2, 0.25) is 5.91 Å². The molecule has 0 saturated carbocycles. The Kier molecular flexibility index (Phi) is 9.57. The van der Waals surface area contributed by atoms with Crippen molar-refractivity contribution >= 4 is 11.8 Å². The lowest BCUT2D eigenvalue weighted by atomic mass is 10.1. The number of carbonyl (C=O) groups excluding carboxylic acids is 2. The first-order chi connectivity index (χ1) is 15.3. The third kappa shape index (κ3) is 6.74. The van der Waals surface area contributed by atoms with Crippen molar-refractivity contribution in [2.45, 2.75) is 60.0 Å². The molecule has 0 aromatic heterocycles. The summed E-state index contributed by atoms with van der Waals surface area (Å²) in [5.74, 6) is 1.03. The molecule has 0 aliphatic heterocycles. The van der Waals surface area contributed by atoms with Gasteiger partial charge in [-0.15, -0.1) is 0 Å². The summed E-state index contributed by atoms with van der Waals surface area (Å²) >= 11 is 0. The van der Waals surface area contributed by atoms with Crippen LogP contribution in [-0.4, -0.2) is 43.0 Å². The van der Waals surface area contributed by atoms with E-state index in [9.17, 15) is 9.59 Å². The van der Waals surface area contributed by atoms with E-state index in [1.165, 1.54) is 0 Å². The number of hydrogen-bond donors (Lipinski definition) is 1. The highest BCUT2D eigenvalue weighted by Crippen LogP contribution is 2.24. The van der Waals surface area contributed by atoms with Crippen molar-refractivity contribution in [2.75, 3.05) is 20.3 Å². The molecule has 0 aliphatic carbocycles. The van der Waals surface area contributed by atoms with E-state index in [0.717, 1.165) is 28.7 Å². The lowest BCUT2D eigenvalue weighted by Crippen LogP contribution is -2.50. The van der Waals surface area contributed by atoms with Gasteiger partial charge in [0, 0.05) is 13.1 Å². The number of nitrogens with one attached hydrogen (secondary N) is 1. The number of carbonyl (C=O) groups is 2. The van der Waals surface area contributed by atoms with Gasteiger partial charge in [-0.1, -0.05) is 32.0 Å². The summed E-state index contributed by atoms with van der Waals surface area (Å²) in [5.41, 5.74) is 4.10. The number of aryl methyl sites for hydroxylation is 2. The zero-order valence-electron chi connectivity index (χ0n) is 20.2. The predicted molar refractivity (Wildman–Crippen MR) is 127 cm³/mol. The minimum absolute atomic E-state index is 0.134. The third-order valence-corrected chi connectivity index (χ3v) is 5.54. The van der Waals surface area contributed by atoms with Crippen LogP contribution in [0.2, 0.25) is 0 Å². The summed E-state index contributed by atoms with van der Waals surface area (Å²) < 4.78 is 11.2. The maximum absolute atomic E-state index is 13.3. The van der Waals surface area contributed by atoms with E-state index in [0.29, 0.717) is 31.0 Å². The molecule has 2 aromatic rings. The first kappa shape index (κ1) is 25.2. The van der Waals surface area contributed by atoms with Crippen molar-refractivity contribution in [3.8, 4) is 11.5 Å². The Morgan fingerprint density at radius 1 is 1.09 bits per heavy atom. The highest BCUT2D eigenvalue weighted by molar-refractivity contribution is 5.88. The molecular formula is C26H36N2O4. The number of nitrogens with zero attached hydrogens (tertiary/aromatic N) is 1. The molecule has 1 N–H and O–H groups in total. The van der Waals surface area contributed by atoms with E-state index in [-0.39, 0.29) is 18.4 Å². The van der Waals surface area contributed by atoms with Gasteiger partial charge in [0.25, 0.3) is 5.91 Å². The van der Waals surface area contributed by atoms with Crippen LogP contribution in [0.5, 0.6) is 11.5 Å². The number of methoxy groups -OCH3 is 1. The minimum atomic E-state index is -0.579. The summed E-state index contributed by atoms with van der Waals surface area (Å²) in [4.78, 5) is 27.8. The molecule has 0 spiro atoms. The van der Waals surface area contributed by atoms with E-state index in [1.807, 2.05) is 65.0 Å². The minimum Gasteiger partial charge on any atom is -0.497 e. The van der Waals surface area contributed by atoms with Crippen molar-refractivity contribution in [1.29, 1.82) is 0 Å². The standard InChI is InChI=1S/C26H36N2O4/c1-7-12-27-26(30)23(8-2)28(16-21-10-9-11-22(15-21)31-6)25(29)17-32-24-14-18(3)13-19(4)20(24)5/h9-11,13-15,23H,7-8,12,16-17H2,1-6H3,(H,27,30). The van der Waals surface area contributed by atoms with Gasteiger partial charge in [-0.3, -0.25) is 9.59 Å². The molecule has 2 amide bonds. The molecule has 0 aliphatic rings. The molecule has 2 aromatic carbocycles. The number of benzene rings is 2. The zero-order chi connectivity index (χ0) is 23.7. The van der Waals surface area contributed by atoms with Crippen molar-refractivity contribution in [3.63, 3.8) is 0 Å². The molecule has 0 fully saturated rings. The lowest BCUT2D eigenvalue weighted by molar-refractivity contribution is -0.143. The highest BCUT2D eigenvalue weighted by Gasteiger charge is 2.29. The highest BCUT2D eigenvalue weighted by atomic mass is 16.5. The number of amides is 2. The maximum Gasteiger partial charge on any atom is 0.261 e. The number of ether oxygens (including phenoxy) is 2. The van der Waals surface area contributed by atoms with E-state index in [4.69, 9.17) is 9.47 Å². The number of rotatable bonds is 11. The van der Waals surface area contributed by atoms with Crippen molar-refractivity contribution in [2.24, 2.45) is 0 Å². The van der Waals surface area contributed by atoms with Gasteiger partial charge in [-0.2, -0.15) is 0 Å². The Bertz CT molecular complexity index is 926. The topological polar surface area (TPSA) is 67.9 Å². The summed E-state index contributed by atoms with van der Waals surface area (Å²) in [6, 6.07) is 11.0. The SMILES string of the molecule is CCCNC(=O)C(CC)N(Cc1cccc(OC)c1)C(=O)COc1cc(C)cc(C)c1C. The molecule has 174 valence electrons. The van der Waals surface area contributed by atoms with E-state index in [1.54, 1.807) is 12.0 Å². The monoisotopic (exact) mass is 440 g/mol. The smallest absolute Gasteiger partial charge is 0.261 e. The van der Waals surface area contributed by atoms with Gasteiger partial charge in [0.1, 0.15) is 17.5 Å². The van der Waals surface area contributed by atoms with Crippen LogP contribution in [0, 0.1) is 20.8 Å². The fraction of sp³-hybridized carbons (Fsp3) is 0.462. The Morgan fingerprint density at radius 3 is 2.50 bits per heavy atom. The normalized spacial score (nSPS) is 11.6. The fourth-order valence-corrected chi connectivity index (χ4v) is 3.63. The number of hydrogen-bond acceptors (Lipinski definition) is 4. The summed E-state index contributed by atoms with van der Waals surface area (Å²) in [6.45, 7) is 10.7. The van der Waals surface area contributed by atoms with E-state index in [2.05, 4.69) is 11.4 Å². The van der Waals surface area contributed by atoms with Crippen LogP contribution >= 0.6 is 0 Å². The van der Waals surface area contributed by atoms with Gasteiger partial charge in [0.15, 0.2) is 6.61 Å². The zero-order valence-corrected chi connectivity index (χ0v) is 20.2. The second-order valence-corrected chi connectivity index (χ2v) is 8.08. The van der Waals surface area contributed by atoms with Gasteiger partial charge in [-0.25, -0.2) is 0 Å². The summed E-state index contributed by atoms with van der Waals surface area (Å²) in [6.07, 6.45) is 1.34. The summed E-state index contributed by atoms with van der Waals surface area (Å²) in [7, 11) is 1.61. The van der Waals surface area contributed by atoms with E-state index < -0.39 is 6.04 Å². The molecule has 6 nitrogen and oxygen atoms in total. The molecule has 0 heterocycles. The van der Waals surface area contributed by atoms with Crippen LogP contribution in [0.25, 0.3) is 0 Å². The van der Waals surface area contributed by atoms with Gasteiger partial charge in [-0.05, 0) is 74.1 Å². The Balaban J connectivity index is 2.27. The van der Waals surface area contributed by atoms with Gasteiger partial charge < -0.3 is 19.7 Å². The summed E-state index contributed by atoms with van der Waals surface area (Å²) in [5, 5.41) is 2.93. The maximum atomic E-state index is 13.3. The third-order valence-electron chi connectivity index (χ3n) is 5.54. The average Bonchev–Trinajstić information content (AvgIpc) is 2.78. The largest absolute Gasteiger partial charge is 0.497 e. The Labute approximate surface area is 191 Å². The van der Waals surface area contributed by atoms with Gasteiger partial charge >= 0.3 is 0 Å². The molecule has 32 heavy (non-hydrogen) atoms. The van der Waals surface area contributed by atoms with Gasteiger partial charge in [0.05, 0.1) is 7.11 Å². The van der Waals surface area contributed by atoms with Crippen molar-refractivity contribution < 1.29 is 19.1 Å². The van der Waals surface area contributed by atoms with Crippen LogP contribution in [0.15, 0.2) is 36.4 Å². The Hall–Kier alpha value is -3.02. The first-order valence-corrected chi connectivity index (χ1v) is 11.2. The van der Waals surface area contributed by atoms with Crippen molar-refractivity contribution in [3.05, 3.63) is 58.7 Å². The molecular weight excluding hydrogens is 404 g/mol. The Morgan fingerprint density at radius 2 is 1.84 bits per heavy atom. The quantitative estimate of drug-likeness (QED) is 0.565. The molecule has 0 saturated heterocycles. The van der Waals surface area contributed by atoms with Crippen LogP contribution in [0.3, 0.4) is 0 Å². The van der Waals surface area contributed by atoms with Crippen LogP contribution in [0.1, 0.15) is 48.9 Å². The lowest BCUT2D eigenvalue weighted by Gasteiger charge is -2.30. The molecule has 0 radical (unpaired) electrons. The van der Waals surface area contributed by atoms with Crippen LogP contribution in [0.4, 0.5) is 0 Å². The second kappa shape index (κ2) is 12.1. The molecule has 1 unspecified atom stereocenters. The fourth-order valence-electron chi connectivity index (χ4n) is 3.63.